The van der Waals surface area contributed by atoms with Gasteiger partial charge in [-0.15, -0.1) is 0 Å². The molecule has 3 atom stereocenters. The number of piperazine rings is 1. The second-order valence-electron chi connectivity index (χ2n) is 6.76. The van der Waals surface area contributed by atoms with Crippen LogP contribution in [-0.2, 0) is 14.3 Å². The number of hydrogen-bond donors (Lipinski definition) is 1. The first-order chi connectivity index (χ1) is 9.20. The van der Waals surface area contributed by atoms with Gasteiger partial charge in [0.15, 0.2) is 0 Å². The monoisotopic (exact) mass is 282 g/mol. The molecule has 2 fully saturated rings. The molecule has 0 aromatic rings. The Balaban J connectivity index is 2.21. The van der Waals surface area contributed by atoms with Gasteiger partial charge >= 0.3 is 0 Å². The van der Waals surface area contributed by atoms with Gasteiger partial charge in [0.25, 0.3) is 0 Å². The third-order valence-electron chi connectivity index (χ3n) is 4.75. The number of nitrogens with zero attached hydrogens (tertiary/aromatic N) is 1. The molecule has 2 aliphatic heterocycles. The second-order valence-corrected chi connectivity index (χ2v) is 6.76. The maximum atomic E-state index is 12.8. The van der Waals surface area contributed by atoms with Gasteiger partial charge in [-0.2, -0.15) is 0 Å². The van der Waals surface area contributed by atoms with Crippen LogP contribution in [-0.4, -0.2) is 46.5 Å². The summed E-state index contributed by atoms with van der Waals surface area (Å²) in [6.45, 7) is 9.86. The van der Waals surface area contributed by atoms with E-state index in [0.29, 0.717) is 13.0 Å². The fraction of sp³-hybridized carbons (Fsp3) is 0.867. The Labute approximate surface area is 121 Å². The van der Waals surface area contributed by atoms with Crippen molar-refractivity contribution in [1.29, 1.82) is 0 Å². The molecule has 2 saturated heterocycles. The molecule has 0 aromatic carbocycles. The Morgan fingerprint density at radius 2 is 1.95 bits per heavy atom. The highest BCUT2D eigenvalue weighted by atomic mass is 16.5. The number of hydrogen-bond acceptors (Lipinski definition) is 3. The lowest BCUT2D eigenvalue weighted by atomic mass is 9.86. The lowest BCUT2D eigenvalue weighted by molar-refractivity contribution is -0.162. The molecule has 114 valence electrons. The third kappa shape index (κ3) is 2.43. The zero-order valence-electron chi connectivity index (χ0n) is 13.2. The van der Waals surface area contributed by atoms with Crippen LogP contribution in [0.15, 0.2) is 0 Å². The molecule has 2 amide bonds. The van der Waals surface area contributed by atoms with E-state index in [1.807, 2.05) is 13.8 Å². The van der Waals surface area contributed by atoms with E-state index >= 15 is 0 Å². The van der Waals surface area contributed by atoms with Crippen molar-refractivity contribution in [2.24, 2.45) is 0 Å². The summed E-state index contributed by atoms with van der Waals surface area (Å²) in [5.41, 5.74) is -1.61. The van der Waals surface area contributed by atoms with Crippen molar-refractivity contribution < 1.29 is 14.3 Å². The van der Waals surface area contributed by atoms with E-state index in [9.17, 15) is 9.59 Å². The van der Waals surface area contributed by atoms with Gasteiger partial charge in [0.1, 0.15) is 11.1 Å². The van der Waals surface area contributed by atoms with E-state index in [4.69, 9.17) is 4.74 Å². The zero-order chi connectivity index (χ0) is 15.1. The minimum atomic E-state index is -0.819. The largest absolute Gasteiger partial charge is 0.373 e. The van der Waals surface area contributed by atoms with Crippen molar-refractivity contribution >= 4 is 11.8 Å². The molecule has 2 heterocycles. The van der Waals surface area contributed by atoms with Crippen LogP contribution in [0.4, 0.5) is 0 Å². The van der Waals surface area contributed by atoms with Gasteiger partial charge in [-0.3, -0.25) is 9.59 Å². The second kappa shape index (κ2) is 5.02. The van der Waals surface area contributed by atoms with E-state index < -0.39 is 11.1 Å². The molecule has 0 spiro atoms. The molecule has 0 radical (unpaired) electrons. The predicted octanol–water partition coefficient (Wildman–Crippen LogP) is 1.46. The maximum absolute atomic E-state index is 12.8. The molecule has 2 rings (SSSR count). The minimum absolute atomic E-state index is 0.00671. The summed E-state index contributed by atoms with van der Waals surface area (Å²) in [7, 11) is 0. The van der Waals surface area contributed by atoms with E-state index in [-0.39, 0.29) is 24.0 Å². The number of nitrogens with one attached hydrogen (secondary N) is 1. The lowest BCUT2D eigenvalue weighted by Crippen LogP contribution is -2.73. The molecular formula is C15H26N2O3. The van der Waals surface area contributed by atoms with Crippen LogP contribution < -0.4 is 5.32 Å². The van der Waals surface area contributed by atoms with Gasteiger partial charge in [0, 0.05) is 6.54 Å². The van der Waals surface area contributed by atoms with Crippen LogP contribution in [0.3, 0.4) is 0 Å². The standard InChI is InChI=1S/C15H26N2O3/c1-6-15(5)13(19)17(14(3,4)12(18)16-15)9-11-8-7-10(2)20-11/h10-11H,6-9H2,1-5H3,(H,16,18). The van der Waals surface area contributed by atoms with Crippen molar-refractivity contribution in [2.75, 3.05) is 6.54 Å². The number of carbonyl (C=O) groups excluding carboxylic acids is 2. The SMILES string of the molecule is CCC1(C)NC(=O)C(C)(C)N(CC2CCC(C)O2)C1=O. The molecule has 3 unspecified atom stereocenters. The molecule has 0 aliphatic carbocycles. The van der Waals surface area contributed by atoms with E-state index in [0.717, 1.165) is 12.8 Å². The van der Waals surface area contributed by atoms with Crippen LogP contribution in [0, 0.1) is 0 Å². The number of carbonyl (C=O) groups is 2. The van der Waals surface area contributed by atoms with E-state index in [1.54, 1.807) is 25.7 Å². The third-order valence-corrected chi connectivity index (χ3v) is 4.75. The van der Waals surface area contributed by atoms with Crippen molar-refractivity contribution in [3.63, 3.8) is 0 Å². The first-order valence-corrected chi connectivity index (χ1v) is 7.51. The molecule has 5 heteroatoms. The molecule has 2 aliphatic rings. The van der Waals surface area contributed by atoms with E-state index in [1.165, 1.54) is 0 Å². The number of ether oxygens (including phenoxy) is 1. The van der Waals surface area contributed by atoms with Crippen molar-refractivity contribution in [3.05, 3.63) is 0 Å². The van der Waals surface area contributed by atoms with Gasteiger partial charge in [-0.05, 0) is 47.0 Å². The lowest BCUT2D eigenvalue weighted by Gasteiger charge is -2.49. The van der Waals surface area contributed by atoms with Crippen LogP contribution in [0.2, 0.25) is 0 Å². The molecular weight excluding hydrogens is 256 g/mol. The highest BCUT2D eigenvalue weighted by Gasteiger charge is 2.52. The summed E-state index contributed by atoms with van der Waals surface area (Å²) < 4.78 is 5.82. The van der Waals surface area contributed by atoms with Gasteiger partial charge in [-0.25, -0.2) is 0 Å². The average molecular weight is 282 g/mol. The Morgan fingerprint density at radius 3 is 2.45 bits per heavy atom. The summed E-state index contributed by atoms with van der Waals surface area (Å²) in [5.74, 6) is -0.0970. The summed E-state index contributed by atoms with van der Waals surface area (Å²) >= 11 is 0. The molecule has 0 bridgehead atoms. The van der Waals surface area contributed by atoms with Gasteiger partial charge < -0.3 is 15.0 Å². The topological polar surface area (TPSA) is 58.6 Å². The number of amides is 2. The first-order valence-electron chi connectivity index (χ1n) is 7.51. The van der Waals surface area contributed by atoms with Gasteiger partial charge in [0.05, 0.1) is 12.2 Å². The van der Waals surface area contributed by atoms with Gasteiger partial charge in [-0.1, -0.05) is 6.92 Å². The van der Waals surface area contributed by atoms with Crippen molar-refractivity contribution in [3.8, 4) is 0 Å². The zero-order valence-corrected chi connectivity index (χ0v) is 13.2. The van der Waals surface area contributed by atoms with Crippen molar-refractivity contribution in [2.45, 2.75) is 77.2 Å². The molecule has 1 N–H and O–H groups in total. The Bertz CT molecular complexity index is 421. The summed E-state index contributed by atoms with van der Waals surface area (Å²) in [4.78, 5) is 26.8. The van der Waals surface area contributed by atoms with E-state index in [2.05, 4.69) is 5.32 Å². The smallest absolute Gasteiger partial charge is 0.248 e. The summed E-state index contributed by atoms with van der Waals surface area (Å²) in [5, 5.41) is 2.88. The normalized spacial score (nSPS) is 37.1. The quantitative estimate of drug-likeness (QED) is 0.852. The average Bonchev–Trinajstić information content (AvgIpc) is 2.78. The van der Waals surface area contributed by atoms with Crippen LogP contribution in [0.1, 0.15) is 53.9 Å². The number of rotatable bonds is 3. The fourth-order valence-corrected chi connectivity index (χ4v) is 2.91. The Hall–Kier alpha value is -1.10. The van der Waals surface area contributed by atoms with Crippen molar-refractivity contribution in [1.82, 2.24) is 10.2 Å². The maximum Gasteiger partial charge on any atom is 0.248 e. The predicted molar refractivity (Wildman–Crippen MR) is 76.2 cm³/mol. The molecule has 20 heavy (non-hydrogen) atoms. The Kier molecular flexibility index (Phi) is 3.84. The molecule has 0 aromatic heterocycles. The van der Waals surface area contributed by atoms with Gasteiger partial charge in [0.2, 0.25) is 11.8 Å². The summed E-state index contributed by atoms with van der Waals surface area (Å²) in [6.07, 6.45) is 2.84. The highest BCUT2D eigenvalue weighted by Crippen LogP contribution is 2.30. The Morgan fingerprint density at radius 1 is 1.30 bits per heavy atom. The molecule has 0 saturated carbocycles. The van der Waals surface area contributed by atoms with Crippen LogP contribution in [0.5, 0.6) is 0 Å². The first kappa shape index (κ1) is 15.3. The highest BCUT2D eigenvalue weighted by molar-refractivity contribution is 6.01. The fourth-order valence-electron chi connectivity index (χ4n) is 2.91. The summed E-state index contributed by atoms with van der Waals surface area (Å²) in [6, 6.07) is 0. The van der Waals surface area contributed by atoms with Crippen LogP contribution in [0.25, 0.3) is 0 Å². The minimum Gasteiger partial charge on any atom is -0.373 e. The molecule has 5 nitrogen and oxygen atoms in total. The van der Waals surface area contributed by atoms with Crippen LogP contribution >= 0.6 is 0 Å².